The van der Waals surface area contributed by atoms with Gasteiger partial charge in [0.15, 0.2) is 0 Å². The lowest BCUT2D eigenvalue weighted by molar-refractivity contribution is 0.0997. The predicted molar refractivity (Wildman–Crippen MR) is 64.7 cm³/mol. The fourth-order valence-electron chi connectivity index (χ4n) is 1.33. The molecule has 1 amide bonds. The number of amides is 1. The molecular formula is C11H11N3O2S. The highest BCUT2D eigenvalue weighted by Gasteiger charge is 2.14. The highest BCUT2D eigenvalue weighted by Crippen LogP contribution is 2.34. The van der Waals surface area contributed by atoms with Gasteiger partial charge in [-0.15, -0.1) is 0 Å². The molecule has 17 heavy (non-hydrogen) atoms. The number of nitrogen functional groups attached to an aromatic ring is 1. The van der Waals surface area contributed by atoms with Crippen molar-refractivity contribution in [3.05, 3.63) is 35.7 Å². The Balaban J connectivity index is 2.40. The highest BCUT2D eigenvalue weighted by molar-refractivity contribution is 7.99. The highest BCUT2D eigenvalue weighted by atomic mass is 32.2. The number of aryl methyl sites for hydroxylation is 1. The van der Waals surface area contributed by atoms with Gasteiger partial charge in [0.2, 0.25) is 5.91 Å². The third-order valence-electron chi connectivity index (χ3n) is 2.10. The second kappa shape index (κ2) is 4.50. The smallest absolute Gasteiger partial charge is 0.260 e. The number of nitrogens with zero attached hydrogens (tertiary/aromatic N) is 1. The second-order valence-corrected chi connectivity index (χ2v) is 4.41. The van der Waals surface area contributed by atoms with Crippen LogP contribution >= 0.6 is 11.8 Å². The van der Waals surface area contributed by atoms with Gasteiger partial charge in [0, 0.05) is 5.69 Å². The molecule has 2 aromatic rings. The lowest BCUT2D eigenvalue weighted by Crippen LogP contribution is -2.13. The van der Waals surface area contributed by atoms with Crippen LogP contribution in [0.3, 0.4) is 0 Å². The molecule has 0 bridgehead atoms. The van der Waals surface area contributed by atoms with Crippen LogP contribution in [-0.2, 0) is 0 Å². The first-order valence-corrected chi connectivity index (χ1v) is 5.68. The number of hydrogen-bond donors (Lipinski definition) is 2. The van der Waals surface area contributed by atoms with E-state index in [0.29, 0.717) is 21.4 Å². The van der Waals surface area contributed by atoms with E-state index in [2.05, 4.69) is 4.98 Å². The average molecular weight is 249 g/mol. The number of aromatic nitrogens is 1. The molecule has 1 aromatic heterocycles. The normalized spacial score (nSPS) is 10.4. The van der Waals surface area contributed by atoms with Crippen LogP contribution < -0.4 is 11.5 Å². The van der Waals surface area contributed by atoms with Gasteiger partial charge >= 0.3 is 0 Å². The first kappa shape index (κ1) is 11.5. The summed E-state index contributed by atoms with van der Waals surface area (Å²) in [5.74, 6) is -0.525. The molecule has 0 aliphatic heterocycles. The quantitative estimate of drug-likeness (QED) is 0.809. The molecule has 0 radical (unpaired) electrons. The van der Waals surface area contributed by atoms with Gasteiger partial charge in [-0.1, -0.05) is 6.07 Å². The number of rotatable bonds is 3. The molecule has 0 atom stereocenters. The lowest BCUT2D eigenvalue weighted by Gasteiger charge is -2.06. The molecular weight excluding hydrogens is 238 g/mol. The van der Waals surface area contributed by atoms with Crippen molar-refractivity contribution >= 4 is 23.4 Å². The van der Waals surface area contributed by atoms with E-state index in [0.717, 1.165) is 5.69 Å². The Bertz CT molecular complexity index is 566. The van der Waals surface area contributed by atoms with E-state index < -0.39 is 5.91 Å². The summed E-state index contributed by atoms with van der Waals surface area (Å²) in [6.45, 7) is 1.82. The number of hydrogen-bond acceptors (Lipinski definition) is 5. The maximum absolute atomic E-state index is 11.3. The van der Waals surface area contributed by atoms with E-state index in [1.54, 1.807) is 18.2 Å². The first-order chi connectivity index (χ1) is 8.08. The lowest BCUT2D eigenvalue weighted by atomic mass is 10.2. The van der Waals surface area contributed by atoms with Gasteiger partial charge < -0.3 is 15.9 Å². The van der Waals surface area contributed by atoms with Crippen molar-refractivity contribution in [3.8, 4) is 0 Å². The Morgan fingerprint density at radius 1 is 1.47 bits per heavy atom. The van der Waals surface area contributed by atoms with Crippen molar-refractivity contribution in [1.82, 2.24) is 4.98 Å². The Hall–Kier alpha value is -1.95. The molecule has 0 fully saturated rings. The first-order valence-electron chi connectivity index (χ1n) is 4.86. The average Bonchev–Trinajstić information content (AvgIpc) is 2.67. The monoisotopic (exact) mass is 249 g/mol. The molecule has 6 heteroatoms. The van der Waals surface area contributed by atoms with Gasteiger partial charge in [-0.3, -0.25) is 4.79 Å². The third-order valence-corrected chi connectivity index (χ3v) is 3.12. The Morgan fingerprint density at radius 2 is 2.24 bits per heavy atom. The Kier molecular flexibility index (Phi) is 3.06. The molecule has 4 N–H and O–H groups in total. The van der Waals surface area contributed by atoms with Crippen LogP contribution in [-0.4, -0.2) is 10.9 Å². The van der Waals surface area contributed by atoms with Gasteiger partial charge in [0.25, 0.3) is 5.22 Å². The minimum absolute atomic E-state index is 0.367. The molecule has 1 heterocycles. The van der Waals surface area contributed by atoms with Crippen LogP contribution in [0.4, 0.5) is 5.69 Å². The molecule has 2 rings (SSSR count). The zero-order chi connectivity index (χ0) is 12.4. The Labute approximate surface area is 102 Å². The minimum atomic E-state index is -0.525. The number of nitrogens with two attached hydrogens (primary N) is 2. The molecule has 5 nitrogen and oxygen atoms in total. The second-order valence-electron chi connectivity index (χ2n) is 3.45. The van der Waals surface area contributed by atoms with E-state index in [4.69, 9.17) is 15.9 Å². The summed E-state index contributed by atoms with van der Waals surface area (Å²) in [6, 6.07) is 5.00. The van der Waals surface area contributed by atoms with Gasteiger partial charge in [-0.2, -0.15) is 0 Å². The summed E-state index contributed by atoms with van der Waals surface area (Å²) in [5, 5.41) is 0.433. The van der Waals surface area contributed by atoms with Crippen LogP contribution in [0, 0.1) is 6.92 Å². The number of primary amides is 1. The molecule has 0 saturated carbocycles. The third kappa shape index (κ3) is 2.42. The molecule has 1 aromatic carbocycles. The van der Waals surface area contributed by atoms with E-state index in [9.17, 15) is 4.79 Å². The van der Waals surface area contributed by atoms with E-state index >= 15 is 0 Å². The number of benzene rings is 1. The number of carbonyl (C=O) groups excluding carboxylic acids is 1. The van der Waals surface area contributed by atoms with Crippen LogP contribution in [0.25, 0.3) is 0 Å². The van der Waals surface area contributed by atoms with Crippen LogP contribution in [0.1, 0.15) is 16.1 Å². The molecule has 0 spiro atoms. The van der Waals surface area contributed by atoms with Crippen molar-refractivity contribution in [3.63, 3.8) is 0 Å². The van der Waals surface area contributed by atoms with Crippen molar-refractivity contribution < 1.29 is 9.21 Å². The fourth-order valence-corrected chi connectivity index (χ4v) is 2.25. The molecule has 0 unspecified atom stereocenters. The van der Waals surface area contributed by atoms with E-state index in [1.165, 1.54) is 18.0 Å². The van der Waals surface area contributed by atoms with Crippen molar-refractivity contribution in [2.75, 3.05) is 5.73 Å². The zero-order valence-electron chi connectivity index (χ0n) is 9.14. The van der Waals surface area contributed by atoms with Crippen LogP contribution in [0.2, 0.25) is 0 Å². The number of oxazole rings is 1. The van der Waals surface area contributed by atoms with Gasteiger partial charge in [-0.25, -0.2) is 4.98 Å². The maximum Gasteiger partial charge on any atom is 0.260 e. The summed E-state index contributed by atoms with van der Waals surface area (Å²) >= 11 is 1.19. The largest absolute Gasteiger partial charge is 0.439 e. The summed E-state index contributed by atoms with van der Waals surface area (Å²) in [5.41, 5.74) is 12.7. The van der Waals surface area contributed by atoms with Crippen molar-refractivity contribution in [1.29, 1.82) is 0 Å². The SMILES string of the molecule is Cc1coc(Sc2c(N)cccc2C(N)=O)n1. The van der Waals surface area contributed by atoms with Crippen LogP contribution in [0.15, 0.2) is 39.0 Å². The molecule has 0 saturated heterocycles. The number of anilines is 1. The Morgan fingerprint density at radius 3 is 2.82 bits per heavy atom. The van der Waals surface area contributed by atoms with Gasteiger partial charge in [0.05, 0.1) is 16.2 Å². The summed E-state index contributed by atoms with van der Waals surface area (Å²) in [6.07, 6.45) is 1.53. The van der Waals surface area contributed by atoms with Crippen molar-refractivity contribution in [2.24, 2.45) is 5.73 Å². The fraction of sp³-hybridized carbons (Fsp3) is 0.0909. The summed E-state index contributed by atoms with van der Waals surface area (Å²) < 4.78 is 5.20. The standard InChI is InChI=1S/C11H11N3O2S/c1-6-5-16-11(14-6)17-9-7(10(13)15)3-2-4-8(9)12/h2-5H,12H2,1H3,(H2,13,15). The molecule has 0 aliphatic rings. The van der Waals surface area contributed by atoms with E-state index in [1.807, 2.05) is 6.92 Å². The summed E-state index contributed by atoms with van der Waals surface area (Å²) in [7, 11) is 0. The van der Waals surface area contributed by atoms with Crippen LogP contribution in [0.5, 0.6) is 0 Å². The molecule has 0 aliphatic carbocycles. The van der Waals surface area contributed by atoms with Crippen molar-refractivity contribution in [2.45, 2.75) is 17.0 Å². The van der Waals surface area contributed by atoms with Gasteiger partial charge in [-0.05, 0) is 30.8 Å². The minimum Gasteiger partial charge on any atom is -0.439 e. The van der Waals surface area contributed by atoms with Gasteiger partial charge in [0.1, 0.15) is 6.26 Å². The maximum atomic E-state index is 11.3. The zero-order valence-corrected chi connectivity index (χ0v) is 9.95. The topological polar surface area (TPSA) is 95.1 Å². The summed E-state index contributed by atoms with van der Waals surface area (Å²) in [4.78, 5) is 16.0. The van der Waals surface area contributed by atoms with E-state index in [-0.39, 0.29) is 0 Å². The molecule has 88 valence electrons. The predicted octanol–water partition coefficient (Wildman–Crippen LogP) is 1.82. The number of carbonyl (C=O) groups is 1.